The van der Waals surface area contributed by atoms with Crippen LogP contribution < -0.4 is 4.90 Å². The van der Waals surface area contributed by atoms with Crippen molar-refractivity contribution in [3.63, 3.8) is 0 Å². The number of aliphatic hydroxyl groups excluding tert-OH is 1. The summed E-state index contributed by atoms with van der Waals surface area (Å²) in [6.45, 7) is 1.96. The highest BCUT2D eigenvalue weighted by molar-refractivity contribution is 8.00. The summed E-state index contributed by atoms with van der Waals surface area (Å²) in [5.74, 6) is 0.0437. The Kier molecular flexibility index (Phi) is 6.76. The van der Waals surface area contributed by atoms with E-state index in [2.05, 4.69) is 4.98 Å². The Labute approximate surface area is 213 Å². The fraction of sp³-hybridized carbons (Fsp3) is 0.172. The zero-order valence-corrected chi connectivity index (χ0v) is 20.4. The van der Waals surface area contributed by atoms with Crippen molar-refractivity contribution in [1.29, 1.82) is 0 Å². The maximum absolute atomic E-state index is 13.3. The number of nitrogens with zero attached hydrogens (tertiary/aromatic N) is 2. The van der Waals surface area contributed by atoms with Gasteiger partial charge in [-0.2, -0.15) is 0 Å². The second kappa shape index (κ2) is 10.1. The fourth-order valence-electron chi connectivity index (χ4n) is 4.48. The Balaban J connectivity index is 1.38. The van der Waals surface area contributed by atoms with Crippen LogP contribution in [0.4, 0.5) is 10.1 Å². The number of aryl methyl sites for hydroxylation is 1. The van der Waals surface area contributed by atoms with Crippen molar-refractivity contribution < 1.29 is 19.4 Å². The monoisotopic (exact) mass is 500 g/mol. The third kappa shape index (κ3) is 4.72. The fourth-order valence-corrected chi connectivity index (χ4v) is 5.77. The number of aromatic hydroxyl groups is 1. The summed E-state index contributed by atoms with van der Waals surface area (Å²) in [5, 5.41) is 20.0. The number of amides is 1. The van der Waals surface area contributed by atoms with Gasteiger partial charge in [-0.1, -0.05) is 42.5 Å². The zero-order valence-electron chi connectivity index (χ0n) is 19.6. The highest BCUT2D eigenvalue weighted by atomic mass is 32.2. The molecule has 0 aliphatic carbocycles. The molecule has 0 unspecified atom stereocenters. The van der Waals surface area contributed by atoms with Gasteiger partial charge in [-0.15, -0.1) is 11.8 Å². The number of thioether (sulfide) groups is 1. The first-order chi connectivity index (χ1) is 17.4. The molecular weight excluding hydrogens is 475 g/mol. The molecule has 1 saturated heterocycles. The topological polar surface area (TPSA) is 73.7 Å². The van der Waals surface area contributed by atoms with Crippen LogP contribution in [0.2, 0.25) is 0 Å². The summed E-state index contributed by atoms with van der Waals surface area (Å²) >= 11 is 1.38. The minimum absolute atomic E-state index is 0.0466. The van der Waals surface area contributed by atoms with Crippen LogP contribution in [-0.4, -0.2) is 32.1 Å². The van der Waals surface area contributed by atoms with Crippen molar-refractivity contribution >= 4 is 23.4 Å². The van der Waals surface area contributed by atoms with E-state index in [9.17, 15) is 19.4 Å². The van der Waals surface area contributed by atoms with E-state index >= 15 is 0 Å². The largest absolute Gasteiger partial charge is 0.508 e. The molecule has 3 atom stereocenters. The number of carbonyl (C=O) groups is 1. The van der Waals surface area contributed by atoms with E-state index in [0.29, 0.717) is 11.3 Å². The number of anilines is 1. The number of β-lactam (4-membered cyclic amide) rings is 1. The van der Waals surface area contributed by atoms with E-state index in [1.807, 2.05) is 55.5 Å². The van der Waals surface area contributed by atoms with Crippen molar-refractivity contribution in [2.75, 3.05) is 10.7 Å². The highest BCUT2D eigenvalue weighted by Gasteiger charge is 2.49. The number of hydrogen-bond acceptors (Lipinski definition) is 5. The number of phenolic OH excluding ortho intramolecular Hbond substituents is 1. The molecule has 182 valence electrons. The molecule has 36 heavy (non-hydrogen) atoms. The molecule has 1 fully saturated rings. The van der Waals surface area contributed by atoms with Crippen LogP contribution in [0.25, 0.3) is 11.1 Å². The van der Waals surface area contributed by atoms with Gasteiger partial charge in [-0.3, -0.25) is 9.78 Å². The zero-order chi connectivity index (χ0) is 25.2. The van der Waals surface area contributed by atoms with Crippen LogP contribution >= 0.6 is 11.8 Å². The van der Waals surface area contributed by atoms with Crippen molar-refractivity contribution in [2.24, 2.45) is 0 Å². The van der Waals surface area contributed by atoms with Crippen molar-refractivity contribution in [3.05, 3.63) is 114 Å². The van der Waals surface area contributed by atoms with Gasteiger partial charge >= 0.3 is 0 Å². The first kappa shape index (κ1) is 24.0. The van der Waals surface area contributed by atoms with Crippen molar-refractivity contribution in [1.82, 2.24) is 4.98 Å². The SMILES string of the molecule is Cc1ncccc1-c1ccc(N2C(=O)[C@H](SC[C@@H](O)c3ccc(F)cc3)[C@H]2c2ccc(O)cc2)cc1. The number of rotatable bonds is 7. The number of phenols is 1. The molecule has 0 saturated carbocycles. The number of pyridine rings is 1. The van der Waals surface area contributed by atoms with E-state index < -0.39 is 11.4 Å². The van der Waals surface area contributed by atoms with Crippen LogP contribution in [-0.2, 0) is 4.79 Å². The number of carbonyl (C=O) groups excluding carboxylic acids is 1. The average Bonchev–Trinajstić information content (AvgIpc) is 2.89. The molecule has 4 aromatic rings. The van der Waals surface area contributed by atoms with E-state index in [-0.39, 0.29) is 23.5 Å². The van der Waals surface area contributed by atoms with Gasteiger partial charge in [0.1, 0.15) is 16.8 Å². The summed E-state index contributed by atoms with van der Waals surface area (Å²) in [4.78, 5) is 19.4. The molecule has 1 aliphatic heterocycles. The summed E-state index contributed by atoms with van der Waals surface area (Å²) < 4.78 is 13.2. The number of hydrogen-bond donors (Lipinski definition) is 2. The Morgan fingerprint density at radius 3 is 2.36 bits per heavy atom. The smallest absolute Gasteiger partial charge is 0.243 e. The van der Waals surface area contributed by atoms with Gasteiger partial charge in [-0.05, 0) is 66.1 Å². The van der Waals surface area contributed by atoms with Crippen LogP contribution in [0.1, 0.15) is 29.0 Å². The van der Waals surface area contributed by atoms with E-state index in [4.69, 9.17) is 0 Å². The predicted molar refractivity (Wildman–Crippen MR) is 140 cm³/mol. The third-order valence-corrected chi connectivity index (χ3v) is 7.76. The van der Waals surface area contributed by atoms with Gasteiger partial charge in [0.2, 0.25) is 5.91 Å². The first-order valence-electron chi connectivity index (χ1n) is 11.6. The van der Waals surface area contributed by atoms with Crippen molar-refractivity contribution in [2.45, 2.75) is 24.3 Å². The molecule has 3 aromatic carbocycles. The first-order valence-corrected chi connectivity index (χ1v) is 12.7. The van der Waals surface area contributed by atoms with Gasteiger partial charge in [0.25, 0.3) is 0 Å². The standard InChI is InChI=1S/C29H25FN2O3S/c1-18-25(3-2-16-31-18)19-6-12-23(13-7-19)32-27(21-8-14-24(33)15-9-21)28(29(32)35)36-17-26(34)20-4-10-22(30)11-5-20/h2-16,26-28,33-34H,17H2,1H3/t26-,27-,28-/m1/s1. The summed E-state index contributed by atoms with van der Waals surface area (Å²) in [6.07, 6.45) is 0.943. The average molecular weight is 501 g/mol. The van der Waals surface area contributed by atoms with Crippen LogP contribution in [0.5, 0.6) is 5.75 Å². The van der Waals surface area contributed by atoms with Gasteiger partial charge < -0.3 is 15.1 Å². The summed E-state index contributed by atoms with van der Waals surface area (Å²) in [5.41, 5.74) is 5.27. The van der Waals surface area contributed by atoms with Crippen LogP contribution in [0.3, 0.4) is 0 Å². The molecule has 2 N–H and O–H groups in total. The Morgan fingerprint density at radius 2 is 1.69 bits per heavy atom. The number of halogens is 1. The quantitative estimate of drug-likeness (QED) is 0.313. The lowest BCUT2D eigenvalue weighted by molar-refractivity contribution is -0.123. The maximum Gasteiger partial charge on any atom is 0.243 e. The number of aliphatic hydroxyl groups is 1. The van der Waals surface area contributed by atoms with E-state index in [1.165, 1.54) is 23.9 Å². The number of benzene rings is 3. The van der Waals surface area contributed by atoms with Gasteiger partial charge in [-0.25, -0.2) is 4.39 Å². The Bertz CT molecular complexity index is 1360. The molecule has 0 bridgehead atoms. The minimum atomic E-state index is -0.820. The Hall–Kier alpha value is -3.68. The highest BCUT2D eigenvalue weighted by Crippen LogP contribution is 2.46. The van der Waals surface area contributed by atoms with E-state index in [0.717, 1.165) is 28.1 Å². The molecule has 1 amide bonds. The second-order valence-corrected chi connectivity index (χ2v) is 9.92. The number of aromatic nitrogens is 1. The predicted octanol–water partition coefficient (Wildman–Crippen LogP) is 5.83. The van der Waals surface area contributed by atoms with Crippen LogP contribution in [0.15, 0.2) is 91.1 Å². The van der Waals surface area contributed by atoms with E-state index in [1.54, 1.807) is 35.4 Å². The van der Waals surface area contributed by atoms with Gasteiger partial charge in [0.15, 0.2) is 0 Å². The third-order valence-electron chi connectivity index (χ3n) is 6.43. The maximum atomic E-state index is 13.3. The van der Waals surface area contributed by atoms with Crippen molar-refractivity contribution in [3.8, 4) is 16.9 Å². The lowest BCUT2D eigenvalue weighted by atomic mass is 9.92. The minimum Gasteiger partial charge on any atom is -0.508 e. The lowest BCUT2D eigenvalue weighted by Crippen LogP contribution is -2.57. The van der Waals surface area contributed by atoms with Crippen LogP contribution in [0, 0.1) is 12.7 Å². The Morgan fingerprint density at radius 1 is 1.00 bits per heavy atom. The molecule has 5 rings (SSSR count). The molecule has 2 heterocycles. The normalized spacial score (nSPS) is 18.1. The second-order valence-electron chi connectivity index (χ2n) is 8.75. The van der Waals surface area contributed by atoms with Gasteiger partial charge in [0.05, 0.1) is 12.1 Å². The molecule has 0 spiro atoms. The summed E-state index contributed by atoms with van der Waals surface area (Å²) in [7, 11) is 0. The lowest BCUT2D eigenvalue weighted by Gasteiger charge is -2.47. The van der Waals surface area contributed by atoms with Gasteiger partial charge in [0, 0.05) is 28.9 Å². The molecule has 1 aliphatic rings. The summed E-state index contributed by atoms with van der Waals surface area (Å²) in [6, 6.07) is 24.1. The molecule has 0 radical (unpaired) electrons. The molecular formula is C29H25FN2O3S. The molecule has 5 nitrogen and oxygen atoms in total. The molecule has 7 heteroatoms. The molecule has 1 aromatic heterocycles.